The molecule has 1 fully saturated rings. The van der Waals surface area contributed by atoms with Crippen LogP contribution >= 0.6 is 11.6 Å². The number of halogens is 1. The summed E-state index contributed by atoms with van der Waals surface area (Å²) < 4.78 is 7.62. The molecule has 0 aliphatic carbocycles. The number of ether oxygens (including phenoxy) is 1. The standard InChI is InChI=1S/C12H21ClN4O/c1-9(2)17-12(14-8-15-17)6-16-5-11(4-13)18-7-10(16)3/h8-11H,4-7H2,1-3H3. The van der Waals surface area contributed by atoms with E-state index in [0.717, 1.165) is 25.5 Å². The summed E-state index contributed by atoms with van der Waals surface area (Å²) in [5, 5.41) is 4.27. The molecule has 1 aromatic rings. The van der Waals surface area contributed by atoms with Gasteiger partial charge in [0, 0.05) is 24.5 Å². The van der Waals surface area contributed by atoms with Gasteiger partial charge in [0.15, 0.2) is 0 Å². The smallest absolute Gasteiger partial charge is 0.141 e. The summed E-state index contributed by atoms with van der Waals surface area (Å²) in [7, 11) is 0. The highest BCUT2D eigenvalue weighted by Crippen LogP contribution is 2.16. The van der Waals surface area contributed by atoms with Crippen molar-refractivity contribution in [2.45, 2.75) is 45.5 Å². The van der Waals surface area contributed by atoms with E-state index < -0.39 is 0 Å². The zero-order valence-corrected chi connectivity index (χ0v) is 12.0. The highest BCUT2D eigenvalue weighted by Gasteiger charge is 2.26. The van der Waals surface area contributed by atoms with E-state index in [4.69, 9.17) is 16.3 Å². The molecule has 0 amide bonds. The normalized spacial score (nSPS) is 25.8. The molecular weight excluding hydrogens is 252 g/mol. The van der Waals surface area contributed by atoms with E-state index in [0.29, 0.717) is 18.0 Å². The quantitative estimate of drug-likeness (QED) is 0.783. The minimum Gasteiger partial charge on any atom is -0.374 e. The SMILES string of the molecule is CC1COC(CCl)CN1Cc1ncnn1C(C)C. The Morgan fingerprint density at radius 2 is 2.33 bits per heavy atom. The van der Waals surface area contributed by atoms with Crippen molar-refractivity contribution in [2.24, 2.45) is 0 Å². The molecule has 0 N–H and O–H groups in total. The molecule has 102 valence electrons. The van der Waals surface area contributed by atoms with Crippen molar-refractivity contribution >= 4 is 11.6 Å². The molecule has 2 atom stereocenters. The van der Waals surface area contributed by atoms with Gasteiger partial charge in [-0.3, -0.25) is 4.90 Å². The number of aromatic nitrogens is 3. The first kappa shape index (κ1) is 13.8. The fourth-order valence-corrected chi connectivity index (χ4v) is 2.38. The first-order valence-corrected chi connectivity index (χ1v) is 6.95. The summed E-state index contributed by atoms with van der Waals surface area (Å²) in [6, 6.07) is 0.726. The molecule has 2 rings (SSSR count). The van der Waals surface area contributed by atoms with Crippen molar-refractivity contribution in [3.63, 3.8) is 0 Å². The Morgan fingerprint density at radius 3 is 3.00 bits per heavy atom. The molecule has 2 heterocycles. The molecule has 0 aromatic carbocycles. The summed E-state index contributed by atoms with van der Waals surface area (Å²) in [5.41, 5.74) is 0. The molecular formula is C12H21ClN4O. The molecule has 5 nitrogen and oxygen atoms in total. The fraction of sp³-hybridized carbons (Fsp3) is 0.833. The van der Waals surface area contributed by atoms with Gasteiger partial charge in [-0.05, 0) is 20.8 Å². The van der Waals surface area contributed by atoms with Crippen LogP contribution in [0.15, 0.2) is 6.33 Å². The van der Waals surface area contributed by atoms with Crippen LogP contribution in [0.3, 0.4) is 0 Å². The molecule has 1 aromatic heterocycles. The van der Waals surface area contributed by atoms with Gasteiger partial charge in [0.05, 0.1) is 19.3 Å². The van der Waals surface area contributed by atoms with Gasteiger partial charge in [-0.1, -0.05) is 0 Å². The Bertz CT molecular complexity index is 382. The van der Waals surface area contributed by atoms with Crippen LogP contribution in [0.25, 0.3) is 0 Å². The van der Waals surface area contributed by atoms with Crippen LogP contribution in [0.2, 0.25) is 0 Å². The van der Waals surface area contributed by atoms with E-state index in [9.17, 15) is 0 Å². The van der Waals surface area contributed by atoms with Crippen LogP contribution in [-0.4, -0.2) is 50.8 Å². The van der Waals surface area contributed by atoms with E-state index in [2.05, 4.69) is 35.8 Å². The second-order valence-electron chi connectivity index (χ2n) is 5.10. The number of morpholine rings is 1. The van der Waals surface area contributed by atoms with Crippen molar-refractivity contribution in [3.8, 4) is 0 Å². The minimum absolute atomic E-state index is 0.123. The van der Waals surface area contributed by atoms with Crippen LogP contribution in [0.5, 0.6) is 0 Å². The Hall–Kier alpha value is -0.650. The lowest BCUT2D eigenvalue weighted by atomic mass is 10.2. The number of hydrogen-bond acceptors (Lipinski definition) is 4. The Labute approximate surface area is 113 Å². The molecule has 1 aliphatic rings. The van der Waals surface area contributed by atoms with Crippen molar-refractivity contribution in [1.82, 2.24) is 19.7 Å². The van der Waals surface area contributed by atoms with Gasteiger partial charge < -0.3 is 4.74 Å². The minimum atomic E-state index is 0.123. The van der Waals surface area contributed by atoms with Crippen LogP contribution in [0, 0.1) is 0 Å². The summed E-state index contributed by atoms with van der Waals surface area (Å²) in [6.07, 6.45) is 1.75. The van der Waals surface area contributed by atoms with Gasteiger partial charge in [-0.2, -0.15) is 5.10 Å². The third-order valence-electron chi connectivity index (χ3n) is 3.29. The first-order chi connectivity index (χ1) is 8.61. The third-order valence-corrected chi connectivity index (χ3v) is 3.63. The largest absolute Gasteiger partial charge is 0.374 e. The molecule has 6 heteroatoms. The summed E-state index contributed by atoms with van der Waals surface area (Å²) in [6.45, 7) is 8.78. The molecule has 18 heavy (non-hydrogen) atoms. The maximum atomic E-state index is 5.87. The second kappa shape index (κ2) is 5.99. The van der Waals surface area contributed by atoms with Crippen molar-refractivity contribution in [1.29, 1.82) is 0 Å². The predicted molar refractivity (Wildman–Crippen MR) is 70.7 cm³/mol. The van der Waals surface area contributed by atoms with Crippen LogP contribution in [0.4, 0.5) is 0 Å². The lowest BCUT2D eigenvalue weighted by molar-refractivity contribution is -0.0523. The summed E-state index contributed by atoms with van der Waals surface area (Å²) in [5.74, 6) is 1.55. The van der Waals surface area contributed by atoms with Gasteiger partial charge in [0.1, 0.15) is 12.2 Å². The van der Waals surface area contributed by atoms with Crippen molar-refractivity contribution < 1.29 is 4.74 Å². The molecule has 1 saturated heterocycles. The molecule has 0 radical (unpaired) electrons. The predicted octanol–water partition coefficient (Wildman–Crippen LogP) is 1.69. The van der Waals surface area contributed by atoms with Gasteiger partial charge in [-0.25, -0.2) is 9.67 Å². The van der Waals surface area contributed by atoms with Gasteiger partial charge in [0.25, 0.3) is 0 Å². The maximum Gasteiger partial charge on any atom is 0.141 e. The molecule has 2 unspecified atom stereocenters. The Balaban J connectivity index is 2.05. The van der Waals surface area contributed by atoms with Crippen LogP contribution in [0.1, 0.15) is 32.6 Å². The zero-order valence-electron chi connectivity index (χ0n) is 11.2. The van der Waals surface area contributed by atoms with Gasteiger partial charge >= 0.3 is 0 Å². The van der Waals surface area contributed by atoms with Crippen LogP contribution in [-0.2, 0) is 11.3 Å². The number of nitrogens with zero attached hydrogens (tertiary/aromatic N) is 4. The summed E-state index contributed by atoms with van der Waals surface area (Å²) >= 11 is 5.87. The van der Waals surface area contributed by atoms with E-state index in [1.165, 1.54) is 0 Å². The monoisotopic (exact) mass is 272 g/mol. The number of rotatable bonds is 4. The lowest BCUT2D eigenvalue weighted by Gasteiger charge is -2.37. The van der Waals surface area contributed by atoms with E-state index >= 15 is 0 Å². The average molecular weight is 273 g/mol. The molecule has 0 saturated carbocycles. The van der Waals surface area contributed by atoms with E-state index in [1.807, 2.05) is 4.68 Å². The zero-order chi connectivity index (χ0) is 13.1. The fourth-order valence-electron chi connectivity index (χ4n) is 2.19. The Kier molecular flexibility index (Phi) is 4.59. The van der Waals surface area contributed by atoms with Crippen molar-refractivity contribution in [2.75, 3.05) is 19.0 Å². The van der Waals surface area contributed by atoms with E-state index in [-0.39, 0.29) is 6.10 Å². The van der Waals surface area contributed by atoms with Crippen LogP contribution < -0.4 is 0 Å². The Morgan fingerprint density at radius 1 is 1.56 bits per heavy atom. The lowest BCUT2D eigenvalue weighted by Crippen LogP contribution is -2.48. The first-order valence-electron chi connectivity index (χ1n) is 6.41. The third kappa shape index (κ3) is 3.02. The van der Waals surface area contributed by atoms with Gasteiger partial charge in [0.2, 0.25) is 0 Å². The highest BCUT2D eigenvalue weighted by atomic mass is 35.5. The topological polar surface area (TPSA) is 43.2 Å². The average Bonchev–Trinajstić information content (AvgIpc) is 2.80. The summed E-state index contributed by atoms with van der Waals surface area (Å²) in [4.78, 5) is 6.71. The number of alkyl halides is 1. The number of hydrogen-bond donors (Lipinski definition) is 0. The van der Waals surface area contributed by atoms with Gasteiger partial charge in [-0.15, -0.1) is 11.6 Å². The molecule has 0 bridgehead atoms. The molecule has 1 aliphatic heterocycles. The van der Waals surface area contributed by atoms with Crippen molar-refractivity contribution in [3.05, 3.63) is 12.2 Å². The molecule has 0 spiro atoms. The highest BCUT2D eigenvalue weighted by molar-refractivity contribution is 6.18. The second-order valence-corrected chi connectivity index (χ2v) is 5.41. The maximum absolute atomic E-state index is 5.87. The van der Waals surface area contributed by atoms with E-state index in [1.54, 1.807) is 6.33 Å².